The minimum absolute atomic E-state index is 0.172. The molecule has 1 heterocycles. The van der Waals surface area contributed by atoms with Crippen LogP contribution in [0.25, 0.3) is 0 Å². The van der Waals surface area contributed by atoms with Gasteiger partial charge in [-0.3, -0.25) is 4.68 Å². The van der Waals surface area contributed by atoms with Crippen LogP contribution < -0.4 is 10.5 Å². The molecule has 1 aromatic carbocycles. The van der Waals surface area contributed by atoms with Gasteiger partial charge in [-0.1, -0.05) is 12.1 Å². The molecule has 2 rings (SSSR count). The number of rotatable bonds is 6. The molecule has 0 saturated carbocycles. The van der Waals surface area contributed by atoms with Crippen LogP contribution in [0.15, 0.2) is 36.7 Å². The van der Waals surface area contributed by atoms with Gasteiger partial charge in [-0.15, -0.1) is 0 Å². The Labute approximate surface area is 114 Å². The molecule has 0 radical (unpaired) electrons. The van der Waals surface area contributed by atoms with Crippen LogP contribution in [0.2, 0.25) is 0 Å². The first-order valence-electron chi connectivity index (χ1n) is 6.58. The molecular weight excluding hydrogens is 238 g/mol. The standard InChI is InChI=1S/C15H21N3O/c1-12(16)8-13-4-3-5-15(9-13)19-7-6-14-10-17-18(2)11-14/h3-5,9-12H,6-8,16H2,1-2H3. The van der Waals surface area contributed by atoms with Gasteiger partial charge >= 0.3 is 0 Å². The van der Waals surface area contributed by atoms with Gasteiger partial charge in [-0.2, -0.15) is 5.10 Å². The molecule has 0 saturated heterocycles. The second-order valence-electron chi connectivity index (χ2n) is 4.95. The van der Waals surface area contributed by atoms with Crippen molar-refractivity contribution in [2.75, 3.05) is 6.61 Å². The van der Waals surface area contributed by atoms with Gasteiger partial charge in [-0.25, -0.2) is 0 Å². The summed E-state index contributed by atoms with van der Waals surface area (Å²) < 4.78 is 7.57. The van der Waals surface area contributed by atoms with Gasteiger partial charge in [0.1, 0.15) is 5.75 Å². The fourth-order valence-corrected chi connectivity index (χ4v) is 2.02. The minimum Gasteiger partial charge on any atom is -0.493 e. The highest BCUT2D eigenvalue weighted by atomic mass is 16.5. The van der Waals surface area contributed by atoms with Crippen LogP contribution in [0.3, 0.4) is 0 Å². The summed E-state index contributed by atoms with van der Waals surface area (Å²) in [4.78, 5) is 0. The molecule has 0 bridgehead atoms. The highest BCUT2D eigenvalue weighted by molar-refractivity contribution is 5.29. The van der Waals surface area contributed by atoms with Crippen molar-refractivity contribution in [1.82, 2.24) is 9.78 Å². The van der Waals surface area contributed by atoms with E-state index in [-0.39, 0.29) is 6.04 Å². The van der Waals surface area contributed by atoms with Crippen LogP contribution in [0.4, 0.5) is 0 Å². The molecule has 0 aliphatic heterocycles. The molecule has 0 aliphatic carbocycles. The average molecular weight is 259 g/mol. The fourth-order valence-electron chi connectivity index (χ4n) is 2.02. The number of ether oxygens (including phenoxy) is 1. The summed E-state index contributed by atoms with van der Waals surface area (Å²) in [6.45, 7) is 2.67. The lowest BCUT2D eigenvalue weighted by Gasteiger charge is -2.09. The van der Waals surface area contributed by atoms with Crippen LogP contribution in [-0.4, -0.2) is 22.4 Å². The van der Waals surface area contributed by atoms with Crippen LogP contribution in [0, 0.1) is 0 Å². The summed E-state index contributed by atoms with van der Waals surface area (Å²) in [6, 6.07) is 8.31. The van der Waals surface area contributed by atoms with Crippen LogP contribution >= 0.6 is 0 Å². The third-order valence-corrected chi connectivity index (χ3v) is 2.87. The monoisotopic (exact) mass is 259 g/mol. The first-order valence-corrected chi connectivity index (χ1v) is 6.58. The number of benzene rings is 1. The maximum absolute atomic E-state index is 5.80. The quantitative estimate of drug-likeness (QED) is 0.862. The Morgan fingerprint density at radius 2 is 2.21 bits per heavy atom. The molecule has 102 valence electrons. The maximum atomic E-state index is 5.80. The van der Waals surface area contributed by atoms with Crippen molar-refractivity contribution < 1.29 is 4.74 Å². The van der Waals surface area contributed by atoms with Gasteiger partial charge in [0.05, 0.1) is 12.8 Å². The van der Waals surface area contributed by atoms with Gasteiger partial charge in [0.25, 0.3) is 0 Å². The van der Waals surface area contributed by atoms with E-state index in [1.807, 2.05) is 38.5 Å². The Bertz CT molecular complexity index is 520. The molecular formula is C15H21N3O. The molecule has 2 N–H and O–H groups in total. The van der Waals surface area contributed by atoms with E-state index in [1.54, 1.807) is 4.68 Å². The Kier molecular flexibility index (Phi) is 4.58. The number of aryl methyl sites for hydroxylation is 1. The molecule has 0 aliphatic rings. The lowest BCUT2D eigenvalue weighted by atomic mass is 10.1. The average Bonchev–Trinajstić information content (AvgIpc) is 2.75. The molecule has 0 amide bonds. The van der Waals surface area contributed by atoms with E-state index in [9.17, 15) is 0 Å². The van der Waals surface area contributed by atoms with E-state index < -0.39 is 0 Å². The second kappa shape index (κ2) is 6.38. The molecule has 0 fully saturated rings. The summed E-state index contributed by atoms with van der Waals surface area (Å²) in [5.74, 6) is 0.905. The predicted octanol–water partition coefficient (Wildman–Crippen LogP) is 1.93. The van der Waals surface area contributed by atoms with E-state index >= 15 is 0 Å². The summed E-state index contributed by atoms with van der Waals surface area (Å²) in [7, 11) is 1.92. The number of nitrogens with zero attached hydrogens (tertiary/aromatic N) is 2. The predicted molar refractivity (Wildman–Crippen MR) is 76.2 cm³/mol. The van der Waals surface area contributed by atoms with Crippen LogP contribution in [-0.2, 0) is 19.9 Å². The van der Waals surface area contributed by atoms with Crippen molar-refractivity contribution in [3.05, 3.63) is 47.8 Å². The van der Waals surface area contributed by atoms with Crippen molar-refractivity contribution in [3.8, 4) is 5.75 Å². The molecule has 19 heavy (non-hydrogen) atoms. The van der Waals surface area contributed by atoms with Crippen molar-refractivity contribution in [1.29, 1.82) is 0 Å². The summed E-state index contributed by atoms with van der Waals surface area (Å²) in [5, 5.41) is 4.14. The summed E-state index contributed by atoms with van der Waals surface area (Å²) >= 11 is 0. The Balaban J connectivity index is 1.85. The van der Waals surface area contributed by atoms with E-state index in [0.29, 0.717) is 6.61 Å². The topological polar surface area (TPSA) is 53.1 Å². The first-order chi connectivity index (χ1) is 9.13. The van der Waals surface area contributed by atoms with Gasteiger partial charge in [-0.05, 0) is 36.6 Å². The minimum atomic E-state index is 0.172. The highest BCUT2D eigenvalue weighted by Crippen LogP contribution is 2.14. The van der Waals surface area contributed by atoms with Gasteiger partial charge in [0.2, 0.25) is 0 Å². The number of aromatic nitrogens is 2. The Hall–Kier alpha value is -1.81. The van der Waals surface area contributed by atoms with Crippen LogP contribution in [0.1, 0.15) is 18.1 Å². The maximum Gasteiger partial charge on any atom is 0.119 e. The van der Waals surface area contributed by atoms with Gasteiger partial charge < -0.3 is 10.5 Å². The molecule has 1 aromatic heterocycles. The van der Waals surface area contributed by atoms with Crippen LogP contribution in [0.5, 0.6) is 5.75 Å². The molecule has 1 atom stereocenters. The summed E-state index contributed by atoms with van der Waals surface area (Å²) in [6.07, 6.45) is 5.62. The zero-order chi connectivity index (χ0) is 13.7. The highest BCUT2D eigenvalue weighted by Gasteiger charge is 2.01. The smallest absolute Gasteiger partial charge is 0.119 e. The van der Waals surface area contributed by atoms with E-state index in [2.05, 4.69) is 17.2 Å². The Morgan fingerprint density at radius 1 is 1.37 bits per heavy atom. The Morgan fingerprint density at radius 3 is 2.89 bits per heavy atom. The molecule has 4 heteroatoms. The zero-order valence-corrected chi connectivity index (χ0v) is 11.5. The zero-order valence-electron chi connectivity index (χ0n) is 11.5. The molecule has 2 aromatic rings. The number of nitrogens with two attached hydrogens (primary N) is 1. The third kappa shape index (κ3) is 4.41. The van der Waals surface area contributed by atoms with Crippen molar-refractivity contribution in [2.24, 2.45) is 12.8 Å². The van der Waals surface area contributed by atoms with Gasteiger partial charge in [0, 0.05) is 25.7 Å². The second-order valence-corrected chi connectivity index (χ2v) is 4.95. The molecule has 4 nitrogen and oxygen atoms in total. The molecule has 0 spiro atoms. The summed E-state index contributed by atoms with van der Waals surface area (Å²) in [5.41, 5.74) is 8.21. The third-order valence-electron chi connectivity index (χ3n) is 2.87. The molecule has 1 unspecified atom stereocenters. The van der Waals surface area contributed by atoms with E-state index in [1.165, 1.54) is 11.1 Å². The normalized spacial score (nSPS) is 12.4. The lowest BCUT2D eigenvalue weighted by Crippen LogP contribution is -2.17. The number of hydrogen-bond donors (Lipinski definition) is 1. The SMILES string of the molecule is CC(N)Cc1cccc(OCCc2cnn(C)c2)c1. The van der Waals surface area contributed by atoms with Crippen molar-refractivity contribution in [2.45, 2.75) is 25.8 Å². The van der Waals surface area contributed by atoms with E-state index in [4.69, 9.17) is 10.5 Å². The number of hydrogen-bond acceptors (Lipinski definition) is 3. The largest absolute Gasteiger partial charge is 0.493 e. The van der Waals surface area contributed by atoms with Gasteiger partial charge in [0.15, 0.2) is 0 Å². The fraction of sp³-hybridized carbons (Fsp3) is 0.400. The van der Waals surface area contributed by atoms with Crippen molar-refractivity contribution in [3.63, 3.8) is 0 Å². The lowest BCUT2D eigenvalue weighted by molar-refractivity contribution is 0.321. The van der Waals surface area contributed by atoms with Crippen molar-refractivity contribution >= 4 is 0 Å². The van der Waals surface area contributed by atoms with E-state index in [0.717, 1.165) is 18.6 Å². The first kappa shape index (κ1) is 13.6.